The van der Waals surface area contributed by atoms with Crippen molar-refractivity contribution in [1.29, 1.82) is 0 Å². The van der Waals surface area contributed by atoms with Crippen LogP contribution in [-0.2, 0) is 24.8 Å². The number of nitrogens with zero attached hydrogens (tertiary/aromatic N) is 1. The second-order valence-electron chi connectivity index (χ2n) is 9.65. The van der Waals surface area contributed by atoms with Crippen molar-refractivity contribution in [2.24, 2.45) is 0 Å². The van der Waals surface area contributed by atoms with Crippen molar-refractivity contribution in [3.63, 3.8) is 0 Å². The Morgan fingerprint density at radius 3 is 2.62 bits per heavy atom. The minimum absolute atomic E-state index is 0.0112. The predicted molar refractivity (Wildman–Crippen MR) is 148 cm³/mol. The second kappa shape index (κ2) is 12.4. The van der Waals surface area contributed by atoms with Gasteiger partial charge >= 0.3 is 0 Å². The molecule has 0 aliphatic carbocycles. The van der Waals surface area contributed by atoms with Crippen LogP contribution in [0.15, 0.2) is 56.7 Å². The summed E-state index contributed by atoms with van der Waals surface area (Å²) in [5, 5.41) is 13.7. The molecule has 2 fully saturated rings. The Hall–Kier alpha value is -1.78. The number of piperidine rings is 1. The van der Waals surface area contributed by atoms with E-state index in [1.807, 2.05) is 0 Å². The lowest BCUT2D eigenvalue weighted by Gasteiger charge is -2.38. The zero-order valence-corrected chi connectivity index (χ0v) is 25.0. The molecule has 3 N–H and O–H groups in total. The fraction of sp³-hybridized carbons (Fsp3) is 0.520. The molecule has 14 heteroatoms. The van der Waals surface area contributed by atoms with Gasteiger partial charge in [0.1, 0.15) is 29.1 Å². The summed E-state index contributed by atoms with van der Waals surface area (Å²) in [6.45, 7) is 1.39. The van der Waals surface area contributed by atoms with E-state index in [9.17, 15) is 21.9 Å². The molecule has 2 aliphatic rings. The van der Waals surface area contributed by atoms with E-state index in [1.165, 1.54) is 30.6 Å². The van der Waals surface area contributed by atoms with Crippen LogP contribution in [0.1, 0.15) is 19.3 Å². The van der Waals surface area contributed by atoms with Crippen molar-refractivity contribution in [3.8, 4) is 11.5 Å². The van der Waals surface area contributed by atoms with E-state index in [0.29, 0.717) is 54.9 Å². The topological polar surface area (TPSA) is 144 Å². The standard InChI is InChI=1S/C25H34BrN3O8S2/c1-27-38(31,32)22-5-3-4-21(13-22)36-17-20(30)15-28-19-14-25(37-16-19)8-10-29(11-9-25)39(33,34)24-12-18(26)6-7-23(24)35-2/h3-7,12-13,19-20,27-28,30H,8-11,14-17H2,1-2H3. The van der Waals surface area contributed by atoms with Crippen LogP contribution in [0.25, 0.3) is 0 Å². The minimum atomic E-state index is -3.73. The molecule has 0 amide bonds. The molecule has 2 aromatic carbocycles. The Morgan fingerprint density at radius 1 is 1.18 bits per heavy atom. The molecule has 216 valence electrons. The average Bonchev–Trinajstić information content (AvgIpc) is 3.33. The Kier molecular flexibility index (Phi) is 9.59. The summed E-state index contributed by atoms with van der Waals surface area (Å²) < 4.78 is 72.0. The monoisotopic (exact) mass is 647 g/mol. The number of ether oxygens (including phenoxy) is 3. The Balaban J connectivity index is 1.25. The normalized spacial score (nSPS) is 20.7. The molecule has 0 bridgehead atoms. The number of aliphatic hydroxyl groups is 1. The number of aliphatic hydroxyl groups excluding tert-OH is 1. The SMILES string of the molecule is CNS(=O)(=O)c1cccc(OCC(O)CNC2COC3(CCN(S(=O)(=O)c4cc(Br)ccc4OC)CC3)C2)c1. The van der Waals surface area contributed by atoms with E-state index in [0.717, 1.165) is 0 Å². The maximum Gasteiger partial charge on any atom is 0.246 e. The number of hydrogen-bond donors (Lipinski definition) is 3. The summed E-state index contributed by atoms with van der Waals surface area (Å²) in [6, 6.07) is 11.0. The van der Waals surface area contributed by atoms with Crippen LogP contribution in [0.3, 0.4) is 0 Å². The van der Waals surface area contributed by atoms with E-state index in [2.05, 4.69) is 26.0 Å². The smallest absolute Gasteiger partial charge is 0.246 e. The molecular formula is C25H34BrN3O8S2. The van der Waals surface area contributed by atoms with Gasteiger partial charge in [-0.2, -0.15) is 4.31 Å². The number of methoxy groups -OCH3 is 1. The van der Waals surface area contributed by atoms with E-state index in [1.54, 1.807) is 30.3 Å². The first-order valence-electron chi connectivity index (χ1n) is 12.5. The Bertz CT molecular complexity index is 1370. The third-order valence-corrected chi connectivity index (χ3v) is 10.9. The third-order valence-electron chi connectivity index (χ3n) is 7.06. The van der Waals surface area contributed by atoms with Crippen molar-refractivity contribution < 1.29 is 36.2 Å². The molecule has 11 nitrogen and oxygen atoms in total. The molecule has 0 radical (unpaired) electrons. The highest BCUT2D eigenvalue weighted by Crippen LogP contribution is 2.38. The molecule has 2 aromatic rings. The second-order valence-corrected chi connectivity index (χ2v) is 14.4. The van der Waals surface area contributed by atoms with Crippen LogP contribution in [0.4, 0.5) is 0 Å². The maximum atomic E-state index is 13.3. The van der Waals surface area contributed by atoms with Crippen molar-refractivity contribution in [2.75, 3.05) is 47.0 Å². The first kappa shape index (κ1) is 30.2. The molecule has 2 aliphatic heterocycles. The van der Waals surface area contributed by atoms with Gasteiger partial charge < -0.3 is 24.6 Å². The highest BCUT2D eigenvalue weighted by atomic mass is 79.9. The number of halogens is 1. The van der Waals surface area contributed by atoms with Crippen molar-refractivity contribution in [3.05, 3.63) is 46.9 Å². The van der Waals surface area contributed by atoms with Gasteiger partial charge in [0.05, 0.1) is 24.2 Å². The number of sulfonamides is 2. The number of rotatable bonds is 11. The number of benzene rings is 2. The van der Waals surface area contributed by atoms with E-state index < -0.39 is 31.8 Å². The summed E-state index contributed by atoms with van der Waals surface area (Å²) in [7, 11) is -4.53. The summed E-state index contributed by atoms with van der Waals surface area (Å²) in [6.07, 6.45) is 1.02. The fourth-order valence-electron chi connectivity index (χ4n) is 4.85. The summed E-state index contributed by atoms with van der Waals surface area (Å²) >= 11 is 3.34. The van der Waals surface area contributed by atoms with E-state index in [-0.39, 0.29) is 29.0 Å². The van der Waals surface area contributed by atoms with Gasteiger partial charge in [-0.15, -0.1) is 0 Å². The van der Waals surface area contributed by atoms with Crippen LogP contribution in [-0.4, -0.2) is 91.0 Å². The lowest BCUT2D eigenvalue weighted by atomic mass is 9.88. The van der Waals surface area contributed by atoms with E-state index in [4.69, 9.17) is 14.2 Å². The van der Waals surface area contributed by atoms with Gasteiger partial charge in [0.25, 0.3) is 0 Å². The first-order valence-corrected chi connectivity index (χ1v) is 16.3. The molecule has 2 saturated heterocycles. The molecule has 0 saturated carbocycles. The highest BCUT2D eigenvalue weighted by Gasteiger charge is 2.45. The number of nitrogens with one attached hydrogen (secondary N) is 2. The third kappa shape index (κ3) is 7.11. The summed E-state index contributed by atoms with van der Waals surface area (Å²) in [5.74, 6) is 0.647. The molecule has 39 heavy (non-hydrogen) atoms. The van der Waals surface area contributed by atoms with Gasteiger partial charge in [0, 0.05) is 36.2 Å². The van der Waals surface area contributed by atoms with Crippen LogP contribution < -0.4 is 19.5 Å². The van der Waals surface area contributed by atoms with Gasteiger partial charge in [-0.05, 0) is 56.6 Å². The van der Waals surface area contributed by atoms with E-state index >= 15 is 0 Å². The number of hydrogen-bond acceptors (Lipinski definition) is 9. The van der Waals surface area contributed by atoms with Crippen LogP contribution in [0.2, 0.25) is 0 Å². The van der Waals surface area contributed by atoms with Crippen LogP contribution >= 0.6 is 15.9 Å². The quantitative estimate of drug-likeness (QED) is 0.332. The Labute approximate surface area is 238 Å². The van der Waals surface area contributed by atoms with Gasteiger partial charge in [-0.25, -0.2) is 21.6 Å². The zero-order valence-electron chi connectivity index (χ0n) is 21.8. The molecule has 2 unspecified atom stereocenters. The molecule has 4 rings (SSSR count). The Morgan fingerprint density at radius 2 is 1.92 bits per heavy atom. The first-order chi connectivity index (χ1) is 18.5. The van der Waals surface area contributed by atoms with Crippen molar-refractivity contribution >= 4 is 36.0 Å². The largest absolute Gasteiger partial charge is 0.495 e. The lowest BCUT2D eigenvalue weighted by Crippen LogP contribution is -2.47. The molecule has 2 atom stereocenters. The van der Waals surface area contributed by atoms with Crippen molar-refractivity contribution in [1.82, 2.24) is 14.3 Å². The zero-order chi connectivity index (χ0) is 28.3. The maximum absolute atomic E-state index is 13.3. The molecular weight excluding hydrogens is 614 g/mol. The minimum Gasteiger partial charge on any atom is -0.495 e. The van der Waals surface area contributed by atoms with Crippen molar-refractivity contribution in [2.45, 2.75) is 46.8 Å². The highest BCUT2D eigenvalue weighted by molar-refractivity contribution is 9.10. The summed E-state index contributed by atoms with van der Waals surface area (Å²) in [4.78, 5) is 0.215. The molecule has 0 aromatic heterocycles. The van der Waals surface area contributed by atoms with Gasteiger partial charge in [0.2, 0.25) is 20.0 Å². The van der Waals surface area contributed by atoms with Crippen LogP contribution in [0, 0.1) is 0 Å². The molecule has 2 heterocycles. The molecule has 1 spiro atoms. The summed E-state index contributed by atoms with van der Waals surface area (Å²) in [5.41, 5.74) is -0.411. The van der Waals surface area contributed by atoms with Crippen LogP contribution in [0.5, 0.6) is 11.5 Å². The predicted octanol–water partition coefficient (Wildman–Crippen LogP) is 1.71. The fourth-order valence-corrected chi connectivity index (χ4v) is 7.75. The van der Waals surface area contributed by atoms with Gasteiger partial charge in [-0.1, -0.05) is 22.0 Å². The van der Waals surface area contributed by atoms with Gasteiger partial charge in [-0.3, -0.25) is 0 Å². The van der Waals surface area contributed by atoms with Gasteiger partial charge in [0.15, 0.2) is 0 Å². The lowest BCUT2D eigenvalue weighted by molar-refractivity contribution is -0.0312. The average molecular weight is 649 g/mol.